The van der Waals surface area contributed by atoms with Gasteiger partial charge in [0.2, 0.25) is 0 Å². The molecule has 0 amide bonds. The molecule has 2 heteroatoms. The van der Waals surface area contributed by atoms with Gasteiger partial charge in [-0.3, -0.25) is 0 Å². The van der Waals surface area contributed by atoms with E-state index in [4.69, 9.17) is 0 Å². The fraction of sp³-hybridized carbons (Fsp3) is 0. The summed E-state index contributed by atoms with van der Waals surface area (Å²) in [5.41, 5.74) is 7.62. The molecule has 12 aromatic rings. The van der Waals surface area contributed by atoms with Crippen molar-refractivity contribution < 1.29 is 0 Å². The van der Waals surface area contributed by atoms with Crippen LogP contribution < -0.4 is 0 Å². The van der Waals surface area contributed by atoms with Crippen molar-refractivity contribution in [1.82, 2.24) is 0 Å². The van der Waals surface area contributed by atoms with Crippen molar-refractivity contribution >= 4 is 106 Å². The molecule has 0 unspecified atom stereocenters. The van der Waals surface area contributed by atoms with Gasteiger partial charge in [0.15, 0.2) is 0 Å². The first-order valence-electron chi connectivity index (χ1n) is 18.5. The van der Waals surface area contributed by atoms with E-state index in [2.05, 4.69) is 182 Å². The van der Waals surface area contributed by atoms with Gasteiger partial charge >= 0.3 is 0 Å². The lowest BCUT2D eigenvalue weighted by atomic mass is 9.85. The molecule has 0 atom stereocenters. The predicted molar refractivity (Wildman–Crippen MR) is 239 cm³/mol. The highest BCUT2D eigenvalue weighted by molar-refractivity contribution is 7.28. The highest BCUT2D eigenvalue weighted by Gasteiger charge is 2.23. The fourth-order valence-corrected chi connectivity index (χ4v) is 11.4. The highest BCUT2D eigenvalue weighted by Crippen LogP contribution is 2.52. The molecule has 10 aromatic carbocycles. The molecule has 0 aliphatic rings. The van der Waals surface area contributed by atoms with Crippen molar-refractivity contribution in [3.8, 4) is 33.4 Å². The van der Waals surface area contributed by atoms with Gasteiger partial charge in [0.1, 0.15) is 0 Å². The lowest BCUT2D eigenvalue weighted by Crippen LogP contribution is -1.91. The summed E-state index contributed by atoms with van der Waals surface area (Å²) in [7, 11) is 0. The maximum Gasteiger partial charge on any atom is 0.0441 e. The fourth-order valence-electron chi connectivity index (χ4n) is 8.98. The van der Waals surface area contributed by atoms with Crippen LogP contribution in [0.25, 0.3) is 117 Å². The number of benzene rings is 10. The Hall–Kier alpha value is -6.32. The molecular weight excluding hydrogens is 689 g/mol. The summed E-state index contributed by atoms with van der Waals surface area (Å²) < 4.78 is 5.37. The third-order valence-corrected chi connectivity index (χ3v) is 13.7. The van der Waals surface area contributed by atoms with Crippen LogP contribution in [-0.4, -0.2) is 0 Å². The zero-order valence-corrected chi connectivity index (χ0v) is 30.8. The van der Waals surface area contributed by atoms with Crippen LogP contribution in [0.4, 0.5) is 0 Å². The topological polar surface area (TPSA) is 0 Å². The first-order valence-corrected chi connectivity index (χ1v) is 20.1. The average molecular weight is 719 g/mol. The minimum atomic E-state index is 1.23. The molecule has 250 valence electrons. The molecule has 0 saturated heterocycles. The lowest BCUT2D eigenvalue weighted by Gasteiger charge is -2.19. The van der Waals surface area contributed by atoms with Crippen LogP contribution in [-0.2, 0) is 0 Å². The number of hydrogen-bond donors (Lipinski definition) is 0. The standard InChI is InChI=1S/C52H30S2/c1-2-13-32-26-36(25-24-31(32)12-1)33-16-11-17-37(27-33)48-38-18-5-7-20-40(38)49(41-21-8-6-19-39(41)48)44-30-47-50(42-22-9-10-23-45(42)53-47)51-43-28-34-14-3-4-15-35(34)29-46(43)54-52(44)51/h1-30H. The number of thiophene rings is 2. The minimum Gasteiger partial charge on any atom is -0.135 e. The Bertz CT molecular complexity index is 3450. The van der Waals surface area contributed by atoms with Crippen molar-refractivity contribution in [1.29, 1.82) is 0 Å². The Kier molecular flexibility index (Phi) is 6.48. The van der Waals surface area contributed by atoms with Gasteiger partial charge < -0.3 is 0 Å². The van der Waals surface area contributed by atoms with E-state index in [9.17, 15) is 0 Å². The molecule has 0 aliphatic heterocycles. The van der Waals surface area contributed by atoms with Crippen LogP contribution >= 0.6 is 22.7 Å². The van der Waals surface area contributed by atoms with Crippen molar-refractivity contribution in [2.24, 2.45) is 0 Å². The Morgan fingerprint density at radius 2 is 0.852 bits per heavy atom. The maximum absolute atomic E-state index is 2.51. The van der Waals surface area contributed by atoms with Crippen molar-refractivity contribution in [2.75, 3.05) is 0 Å². The van der Waals surface area contributed by atoms with Crippen molar-refractivity contribution in [2.45, 2.75) is 0 Å². The van der Waals surface area contributed by atoms with Gasteiger partial charge in [-0.1, -0.05) is 146 Å². The van der Waals surface area contributed by atoms with Gasteiger partial charge in [-0.15, -0.1) is 22.7 Å². The summed E-state index contributed by atoms with van der Waals surface area (Å²) in [6, 6.07) is 67.8. The molecule has 0 nitrogen and oxygen atoms in total. The summed E-state index contributed by atoms with van der Waals surface area (Å²) in [4.78, 5) is 0. The van der Waals surface area contributed by atoms with Crippen LogP contribution in [0.15, 0.2) is 182 Å². The first kappa shape index (κ1) is 30.2. The second-order valence-electron chi connectivity index (χ2n) is 14.4. The smallest absolute Gasteiger partial charge is 0.0441 e. The van der Waals surface area contributed by atoms with E-state index in [0.717, 1.165) is 0 Å². The molecule has 0 saturated carbocycles. The normalized spacial score (nSPS) is 12.1. The number of fused-ring (bicyclic) bond motifs is 11. The van der Waals surface area contributed by atoms with E-state index < -0.39 is 0 Å². The third kappa shape index (κ3) is 4.42. The van der Waals surface area contributed by atoms with Gasteiger partial charge in [-0.05, 0) is 107 Å². The number of rotatable bonds is 3. The summed E-state index contributed by atoms with van der Waals surface area (Å²) in [6.45, 7) is 0. The summed E-state index contributed by atoms with van der Waals surface area (Å²) in [6.07, 6.45) is 0. The first-order chi connectivity index (χ1) is 26.8. The van der Waals surface area contributed by atoms with Gasteiger partial charge in [-0.25, -0.2) is 0 Å². The maximum atomic E-state index is 2.51. The van der Waals surface area contributed by atoms with E-state index >= 15 is 0 Å². The number of hydrogen-bond acceptors (Lipinski definition) is 2. The molecule has 0 aliphatic carbocycles. The van der Waals surface area contributed by atoms with E-state index in [1.165, 1.54) is 117 Å². The zero-order chi connectivity index (χ0) is 35.3. The van der Waals surface area contributed by atoms with Crippen molar-refractivity contribution in [3.63, 3.8) is 0 Å². The second-order valence-corrected chi connectivity index (χ2v) is 16.5. The monoisotopic (exact) mass is 718 g/mol. The molecule has 54 heavy (non-hydrogen) atoms. The Morgan fingerprint density at radius 3 is 1.59 bits per heavy atom. The van der Waals surface area contributed by atoms with Crippen LogP contribution in [0.5, 0.6) is 0 Å². The summed E-state index contributed by atoms with van der Waals surface area (Å²) >= 11 is 3.86. The third-order valence-electron chi connectivity index (χ3n) is 11.4. The Morgan fingerprint density at radius 1 is 0.278 bits per heavy atom. The Balaban J connectivity index is 1.18. The molecular formula is C52H30S2. The van der Waals surface area contributed by atoms with Crippen LogP contribution in [0.2, 0.25) is 0 Å². The molecule has 12 rings (SSSR count). The minimum absolute atomic E-state index is 1.23. The largest absolute Gasteiger partial charge is 0.135 e. The van der Waals surface area contributed by atoms with Gasteiger partial charge in [0.05, 0.1) is 0 Å². The molecule has 0 spiro atoms. The quantitative estimate of drug-likeness (QED) is 0.160. The molecule has 2 aromatic heterocycles. The van der Waals surface area contributed by atoms with Crippen molar-refractivity contribution in [3.05, 3.63) is 182 Å². The molecule has 0 bridgehead atoms. The molecule has 2 heterocycles. The van der Waals surface area contributed by atoms with E-state index in [1.807, 2.05) is 22.7 Å². The molecule has 0 N–H and O–H groups in total. The SMILES string of the molecule is c1cc(-c2ccc3ccccc3c2)cc(-c2c3ccccc3c(-c3cc4sc5ccccc5c4c4c3sc3cc5ccccc5cc34)c3ccccc23)c1. The van der Waals surface area contributed by atoms with Crippen LogP contribution in [0.3, 0.4) is 0 Å². The van der Waals surface area contributed by atoms with Gasteiger partial charge in [0, 0.05) is 45.9 Å². The molecule has 0 fully saturated rings. The van der Waals surface area contributed by atoms with E-state index in [1.54, 1.807) is 0 Å². The second kappa shape index (κ2) is 11.6. The molecule has 0 radical (unpaired) electrons. The van der Waals surface area contributed by atoms with Crippen LogP contribution in [0, 0.1) is 0 Å². The van der Waals surface area contributed by atoms with E-state index in [0.29, 0.717) is 0 Å². The predicted octanol–water partition coefficient (Wildman–Crippen LogP) is 16.0. The summed E-state index contributed by atoms with van der Waals surface area (Å²) in [5, 5.41) is 15.7. The lowest BCUT2D eigenvalue weighted by molar-refractivity contribution is 1.63. The van der Waals surface area contributed by atoms with E-state index in [-0.39, 0.29) is 0 Å². The zero-order valence-electron chi connectivity index (χ0n) is 29.1. The highest BCUT2D eigenvalue weighted by atomic mass is 32.1. The average Bonchev–Trinajstić information content (AvgIpc) is 3.79. The van der Waals surface area contributed by atoms with Gasteiger partial charge in [0.25, 0.3) is 0 Å². The Labute approximate surface area is 319 Å². The van der Waals surface area contributed by atoms with Gasteiger partial charge in [-0.2, -0.15) is 0 Å². The summed E-state index contributed by atoms with van der Waals surface area (Å²) in [5.74, 6) is 0. The van der Waals surface area contributed by atoms with Crippen LogP contribution in [0.1, 0.15) is 0 Å².